The summed E-state index contributed by atoms with van der Waals surface area (Å²) in [5, 5.41) is 0. The summed E-state index contributed by atoms with van der Waals surface area (Å²) in [7, 11) is 1.72. The predicted octanol–water partition coefficient (Wildman–Crippen LogP) is 1.79. The Morgan fingerprint density at radius 2 is 2.27 bits per heavy atom. The van der Waals surface area contributed by atoms with Crippen molar-refractivity contribution in [1.29, 1.82) is 0 Å². The minimum absolute atomic E-state index is 0.227. The van der Waals surface area contributed by atoms with Gasteiger partial charge in [-0.15, -0.1) is 0 Å². The van der Waals surface area contributed by atoms with Crippen molar-refractivity contribution in [3.63, 3.8) is 0 Å². The lowest BCUT2D eigenvalue weighted by Crippen LogP contribution is -2.06. The first-order valence-corrected chi connectivity index (χ1v) is 4.45. The second-order valence-electron chi connectivity index (χ2n) is 3.23. The van der Waals surface area contributed by atoms with Crippen molar-refractivity contribution in [3.8, 4) is 0 Å². The zero-order chi connectivity index (χ0) is 10.8. The van der Waals surface area contributed by atoms with Gasteiger partial charge in [-0.1, -0.05) is 12.1 Å². The van der Waals surface area contributed by atoms with Crippen LogP contribution in [0, 0.1) is 5.82 Å². The number of imidazole rings is 1. The molecule has 1 aromatic carbocycles. The van der Waals surface area contributed by atoms with E-state index < -0.39 is 5.82 Å². The van der Waals surface area contributed by atoms with E-state index in [1.807, 2.05) is 0 Å². The van der Waals surface area contributed by atoms with E-state index in [-0.39, 0.29) is 5.78 Å². The first kappa shape index (κ1) is 9.58. The maximum Gasteiger partial charge on any atom is 0.211 e. The molecule has 0 bridgehead atoms. The highest BCUT2D eigenvalue weighted by atomic mass is 19.1. The van der Waals surface area contributed by atoms with E-state index in [0.717, 1.165) is 0 Å². The third-order valence-corrected chi connectivity index (χ3v) is 2.14. The van der Waals surface area contributed by atoms with Gasteiger partial charge >= 0.3 is 0 Å². The van der Waals surface area contributed by atoms with Gasteiger partial charge in [0, 0.05) is 12.6 Å². The molecule has 1 heterocycles. The largest absolute Gasteiger partial charge is 0.331 e. The van der Waals surface area contributed by atoms with Crippen LogP contribution in [0.3, 0.4) is 0 Å². The highest BCUT2D eigenvalue weighted by Crippen LogP contribution is 2.10. The molecule has 0 amide bonds. The number of benzene rings is 1. The maximum atomic E-state index is 12.9. The van der Waals surface area contributed by atoms with Crippen molar-refractivity contribution >= 4 is 5.78 Å². The van der Waals surface area contributed by atoms with Gasteiger partial charge in [0.2, 0.25) is 5.78 Å². The SMILES string of the molecule is Cn1cncc1C(=O)c1cccc(F)c1. The van der Waals surface area contributed by atoms with Crippen molar-refractivity contribution < 1.29 is 9.18 Å². The normalized spacial score (nSPS) is 10.3. The molecule has 0 atom stereocenters. The third-order valence-electron chi connectivity index (χ3n) is 2.14. The number of hydrogen-bond acceptors (Lipinski definition) is 2. The summed E-state index contributed by atoms with van der Waals surface area (Å²) in [6.07, 6.45) is 3.00. The number of rotatable bonds is 2. The van der Waals surface area contributed by atoms with E-state index in [2.05, 4.69) is 4.98 Å². The summed E-state index contributed by atoms with van der Waals surface area (Å²) >= 11 is 0. The topological polar surface area (TPSA) is 34.9 Å². The zero-order valence-corrected chi connectivity index (χ0v) is 8.14. The maximum absolute atomic E-state index is 12.9. The molecule has 0 spiro atoms. The lowest BCUT2D eigenvalue weighted by atomic mass is 10.1. The predicted molar refractivity (Wildman–Crippen MR) is 53.0 cm³/mol. The van der Waals surface area contributed by atoms with Gasteiger partial charge in [0.05, 0.1) is 12.5 Å². The molecule has 1 aromatic heterocycles. The number of aryl methyl sites for hydroxylation is 1. The fourth-order valence-corrected chi connectivity index (χ4v) is 1.35. The van der Waals surface area contributed by atoms with Crippen LogP contribution < -0.4 is 0 Å². The lowest BCUT2D eigenvalue weighted by molar-refractivity contribution is 0.103. The summed E-state index contributed by atoms with van der Waals surface area (Å²) in [6, 6.07) is 5.62. The number of hydrogen-bond donors (Lipinski definition) is 0. The molecule has 76 valence electrons. The molecule has 15 heavy (non-hydrogen) atoms. The van der Waals surface area contributed by atoms with E-state index >= 15 is 0 Å². The van der Waals surface area contributed by atoms with Gasteiger partial charge in [-0.3, -0.25) is 4.79 Å². The first-order chi connectivity index (χ1) is 7.18. The van der Waals surface area contributed by atoms with E-state index in [9.17, 15) is 9.18 Å². The molecule has 0 fully saturated rings. The molecule has 0 unspecified atom stereocenters. The van der Waals surface area contributed by atoms with Gasteiger partial charge in [-0.05, 0) is 12.1 Å². The van der Waals surface area contributed by atoms with E-state index in [4.69, 9.17) is 0 Å². The van der Waals surface area contributed by atoms with Crippen LogP contribution in [-0.4, -0.2) is 15.3 Å². The number of carbonyl (C=O) groups is 1. The molecule has 0 aliphatic rings. The number of carbonyl (C=O) groups excluding carboxylic acids is 1. The standard InChI is InChI=1S/C11H9FN2O/c1-14-7-13-6-10(14)11(15)8-3-2-4-9(12)5-8/h2-7H,1H3. The molecule has 0 radical (unpaired) electrons. The summed E-state index contributed by atoms with van der Waals surface area (Å²) in [5.74, 6) is -0.641. The Labute approximate surface area is 86.2 Å². The van der Waals surface area contributed by atoms with Crippen molar-refractivity contribution in [1.82, 2.24) is 9.55 Å². The average Bonchev–Trinajstić information content (AvgIpc) is 2.63. The first-order valence-electron chi connectivity index (χ1n) is 4.45. The van der Waals surface area contributed by atoms with Crippen LogP contribution in [0.15, 0.2) is 36.8 Å². The summed E-state index contributed by atoms with van der Waals surface area (Å²) in [6.45, 7) is 0. The molecular weight excluding hydrogens is 195 g/mol. The minimum Gasteiger partial charge on any atom is -0.331 e. The molecular formula is C11H9FN2O. The summed E-state index contributed by atoms with van der Waals surface area (Å²) in [4.78, 5) is 15.7. The lowest BCUT2D eigenvalue weighted by Gasteiger charge is -2.01. The van der Waals surface area contributed by atoms with Gasteiger partial charge in [0.1, 0.15) is 11.5 Å². The van der Waals surface area contributed by atoms with Gasteiger partial charge in [0.25, 0.3) is 0 Å². The van der Waals surface area contributed by atoms with Crippen LogP contribution in [0.5, 0.6) is 0 Å². The van der Waals surface area contributed by atoms with Gasteiger partial charge in [-0.2, -0.15) is 0 Å². The van der Waals surface area contributed by atoms with Crippen LogP contribution in [0.1, 0.15) is 16.1 Å². The Morgan fingerprint density at radius 1 is 1.47 bits per heavy atom. The second kappa shape index (κ2) is 3.65. The molecule has 4 heteroatoms. The molecule has 2 rings (SSSR count). The van der Waals surface area contributed by atoms with Gasteiger partial charge < -0.3 is 4.57 Å². The monoisotopic (exact) mass is 204 g/mol. The Kier molecular flexibility index (Phi) is 2.33. The van der Waals surface area contributed by atoms with Crippen LogP contribution >= 0.6 is 0 Å². The van der Waals surface area contributed by atoms with Gasteiger partial charge in [-0.25, -0.2) is 9.37 Å². The Balaban J connectivity index is 2.41. The molecule has 0 saturated carbocycles. The van der Waals surface area contributed by atoms with E-state index in [1.54, 1.807) is 17.7 Å². The average molecular weight is 204 g/mol. The minimum atomic E-state index is -0.414. The summed E-state index contributed by atoms with van der Waals surface area (Å²) < 4.78 is 14.5. The molecule has 0 aliphatic carbocycles. The third kappa shape index (κ3) is 1.79. The van der Waals surface area contributed by atoms with Crippen LogP contribution in [0.25, 0.3) is 0 Å². The van der Waals surface area contributed by atoms with Gasteiger partial charge in [0.15, 0.2) is 0 Å². The Morgan fingerprint density at radius 3 is 2.87 bits per heavy atom. The molecule has 2 aromatic rings. The molecule has 3 nitrogen and oxygen atoms in total. The quantitative estimate of drug-likeness (QED) is 0.699. The molecule has 0 saturated heterocycles. The molecule has 0 N–H and O–H groups in total. The highest BCUT2D eigenvalue weighted by Gasteiger charge is 2.12. The van der Waals surface area contributed by atoms with Crippen molar-refractivity contribution in [3.05, 3.63) is 53.9 Å². The zero-order valence-electron chi connectivity index (χ0n) is 8.14. The number of ketones is 1. The smallest absolute Gasteiger partial charge is 0.211 e. The van der Waals surface area contributed by atoms with Crippen LogP contribution in [-0.2, 0) is 7.05 Å². The van der Waals surface area contributed by atoms with Crippen molar-refractivity contribution in [2.75, 3.05) is 0 Å². The van der Waals surface area contributed by atoms with E-state index in [1.165, 1.54) is 30.7 Å². The van der Waals surface area contributed by atoms with Crippen molar-refractivity contribution in [2.24, 2.45) is 7.05 Å². The number of nitrogens with zero attached hydrogens (tertiary/aromatic N) is 2. The van der Waals surface area contributed by atoms with Crippen LogP contribution in [0.4, 0.5) is 4.39 Å². The van der Waals surface area contributed by atoms with E-state index in [0.29, 0.717) is 11.3 Å². The molecule has 0 aliphatic heterocycles. The van der Waals surface area contributed by atoms with Crippen LogP contribution in [0.2, 0.25) is 0 Å². The van der Waals surface area contributed by atoms with Crippen molar-refractivity contribution in [2.45, 2.75) is 0 Å². The highest BCUT2D eigenvalue weighted by molar-refractivity contribution is 6.07. The fraction of sp³-hybridized carbons (Fsp3) is 0.0909. The number of halogens is 1. The Hall–Kier alpha value is -1.97. The number of aromatic nitrogens is 2. The Bertz CT molecular complexity index is 505. The fourth-order valence-electron chi connectivity index (χ4n) is 1.35. The summed E-state index contributed by atoms with van der Waals surface area (Å²) in [5.41, 5.74) is 0.777. The second-order valence-corrected chi connectivity index (χ2v) is 3.23.